The first kappa shape index (κ1) is 16.0. The van der Waals surface area contributed by atoms with E-state index >= 15 is 0 Å². The molecule has 0 aliphatic carbocycles. The summed E-state index contributed by atoms with van der Waals surface area (Å²) in [5, 5.41) is 1.92. The maximum absolute atomic E-state index is 3.96. The summed E-state index contributed by atoms with van der Waals surface area (Å²) in [5.41, 5.74) is 0. The van der Waals surface area contributed by atoms with Crippen molar-refractivity contribution in [2.75, 3.05) is 0 Å². The third kappa shape index (κ3) is 18.0. The summed E-state index contributed by atoms with van der Waals surface area (Å²) >= 11 is 7.92. The molecule has 0 aromatic rings. The molecule has 0 amide bonds. The molecule has 0 saturated carbocycles. The normalized spacial score (nSPS) is 3.60. The second-order valence-corrected chi connectivity index (χ2v) is 0.750. The van der Waals surface area contributed by atoms with Gasteiger partial charge < -0.3 is 30.3 Å². The SMILES string of the molecule is [K+].[K+].[S-][C][S-]. The van der Waals surface area contributed by atoms with E-state index in [1.54, 1.807) is 0 Å². The van der Waals surface area contributed by atoms with Crippen LogP contribution in [0.3, 0.4) is 0 Å². The predicted octanol–water partition coefficient (Wildman–Crippen LogP) is -5.92. The van der Waals surface area contributed by atoms with Crippen molar-refractivity contribution in [2.24, 2.45) is 0 Å². The molecule has 0 aromatic heterocycles. The molecule has 0 fully saturated rings. The molecule has 0 aliphatic rings. The summed E-state index contributed by atoms with van der Waals surface area (Å²) in [6.07, 6.45) is 0. The van der Waals surface area contributed by atoms with Gasteiger partial charge in [-0.2, -0.15) is 0 Å². The van der Waals surface area contributed by atoms with Gasteiger partial charge in [-0.15, -0.1) is 0 Å². The summed E-state index contributed by atoms with van der Waals surface area (Å²) in [6, 6.07) is 0. The van der Waals surface area contributed by atoms with E-state index in [0.29, 0.717) is 0 Å². The molecule has 0 rings (SSSR count). The summed E-state index contributed by atoms with van der Waals surface area (Å²) in [5.74, 6) is 0. The fraction of sp³-hybridized carbons (Fsp3) is 0. The van der Waals surface area contributed by atoms with Crippen LogP contribution >= 0.6 is 0 Å². The van der Waals surface area contributed by atoms with E-state index < -0.39 is 0 Å². The first-order chi connectivity index (χ1) is 1.41. The molecule has 4 heteroatoms. The Morgan fingerprint density at radius 2 is 1.00 bits per heavy atom. The quantitative estimate of drug-likeness (QED) is 0.252. The molecule has 5 heavy (non-hydrogen) atoms. The topological polar surface area (TPSA) is 0 Å². The molecule has 0 spiro atoms. The van der Waals surface area contributed by atoms with Crippen molar-refractivity contribution >= 4 is 25.3 Å². The Balaban J connectivity index is -0.0000000200. The van der Waals surface area contributed by atoms with Crippen molar-refractivity contribution in [2.45, 2.75) is 0 Å². The van der Waals surface area contributed by atoms with Crippen LogP contribution in [0.4, 0.5) is 0 Å². The maximum Gasteiger partial charge on any atom is 1.00 e. The zero-order chi connectivity index (χ0) is 2.71. The van der Waals surface area contributed by atoms with Crippen molar-refractivity contribution in [1.29, 1.82) is 0 Å². The Bertz CT molecular complexity index is 7.61. The van der Waals surface area contributed by atoms with Gasteiger partial charge in [0.25, 0.3) is 0 Å². The maximum atomic E-state index is 3.96. The van der Waals surface area contributed by atoms with Gasteiger partial charge in [0.1, 0.15) is 0 Å². The number of rotatable bonds is 0. The van der Waals surface area contributed by atoms with Gasteiger partial charge in [0.05, 0.1) is 0 Å². The van der Waals surface area contributed by atoms with Gasteiger partial charge in [-0.3, -0.25) is 0 Å². The van der Waals surface area contributed by atoms with Crippen molar-refractivity contribution in [1.82, 2.24) is 0 Å². The Labute approximate surface area is 129 Å². The summed E-state index contributed by atoms with van der Waals surface area (Å²) in [6.45, 7) is 0. The second-order valence-electron chi connectivity index (χ2n) is 0.0833. The monoisotopic (exact) mass is 154 g/mol. The molecule has 0 heterocycles. The van der Waals surface area contributed by atoms with E-state index in [1.807, 2.05) is 5.08 Å². The van der Waals surface area contributed by atoms with Gasteiger partial charge in [-0.05, 0) is 0 Å². The minimum Gasteiger partial charge on any atom is -0.817 e. The molecule has 0 bridgehead atoms. The van der Waals surface area contributed by atoms with Crippen LogP contribution in [-0.2, 0) is 25.3 Å². The first-order valence-corrected chi connectivity index (χ1v) is 1.22. The zero-order valence-electron chi connectivity index (χ0n) is 3.32. The summed E-state index contributed by atoms with van der Waals surface area (Å²) in [4.78, 5) is 0. The average molecular weight is 154 g/mol. The van der Waals surface area contributed by atoms with Crippen LogP contribution in [0.15, 0.2) is 0 Å². The molecule has 0 N–H and O–H groups in total. The molecule has 0 unspecified atom stereocenters. The molecule has 0 atom stereocenters. The Hall–Kier alpha value is 3.97. The molecule has 18 valence electrons. The third-order valence-electron chi connectivity index (χ3n) is 0. The van der Waals surface area contributed by atoms with E-state index in [2.05, 4.69) is 25.3 Å². The third-order valence-corrected chi connectivity index (χ3v) is 0. The molecular weight excluding hydrogens is 154 g/mol. The number of hydrogen-bond acceptors (Lipinski definition) is 2. The van der Waals surface area contributed by atoms with Crippen LogP contribution in [0.2, 0.25) is 0 Å². The van der Waals surface area contributed by atoms with Crippen LogP contribution in [0.25, 0.3) is 0 Å². The smallest absolute Gasteiger partial charge is 0.817 e. The van der Waals surface area contributed by atoms with Crippen molar-refractivity contribution < 1.29 is 103 Å². The fourth-order valence-corrected chi connectivity index (χ4v) is 0. The Morgan fingerprint density at radius 1 is 1.00 bits per heavy atom. The first-order valence-electron chi connectivity index (χ1n) is 0.408. The van der Waals surface area contributed by atoms with Gasteiger partial charge in [0, 0.05) is 0 Å². The van der Waals surface area contributed by atoms with Crippen LogP contribution in [0.5, 0.6) is 0 Å². The van der Waals surface area contributed by atoms with Crippen molar-refractivity contribution in [3.8, 4) is 0 Å². The van der Waals surface area contributed by atoms with Crippen LogP contribution in [0.1, 0.15) is 0 Å². The molecule has 0 nitrogen and oxygen atoms in total. The number of hydrogen-bond donors (Lipinski definition) is 0. The standard InChI is InChI=1S/CS2.2K/c2-1-3;;/q-2;2*+1. The van der Waals surface area contributed by atoms with Crippen molar-refractivity contribution in [3.05, 3.63) is 5.08 Å². The largest absolute Gasteiger partial charge is 1.00 e. The Kier molecular flexibility index (Phi) is 50.1. The average Bonchev–Trinajstić information content (AvgIpc) is 0.918. The van der Waals surface area contributed by atoms with Crippen LogP contribution in [-0.4, -0.2) is 0 Å². The van der Waals surface area contributed by atoms with E-state index in [1.165, 1.54) is 0 Å². The molecule has 0 aliphatic heterocycles. The minimum absolute atomic E-state index is 0. The molecular formula is CK2S2. The Morgan fingerprint density at radius 3 is 1.00 bits per heavy atom. The van der Waals surface area contributed by atoms with Crippen LogP contribution in [0, 0.1) is 5.08 Å². The van der Waals surface area contributed by atoms with Gasteiger partial charge >= 0.3 is 103 Å². The van der Waals surface area contributed by atoms with E-state index in [9.17, 15) is 0 Å². The van der Waals surface area contributed by atoms with E-state index in [4.69, 9.17) is 0 Å². The van der Waals surface area contributed by atoms with Crippen LogP contribution < -0.4 is 103 Å². The fourth-order valence-electron chi connectivity index (χ4n) is 0. The predicted molar refractivity (Wildman–Crippen MR) is 18.0 cm³/mol. The van der Waals surface area contributed by atoms with Gasteiger partial charge in [0.15, 0.2) is 0 Å². The summed E-state index contributed by atoms with van der Waals surface area (Å²) in [7, 11) is 0. The van der Waals surface area contributed by atoms with Gasteiger partial charge in [-0.1, -0.05) is 0 Å². The van der Waals surface area contributed by atoms with E-state index in [0.717, 1.165) is 0 Å². The van der Waals surface area contributed by atoms with E-state index in [-0.39, 0.29) is 103 Å². The van der Waals surface area contributed by atoms with Crippen molar-refractivity contribution in [3.63, 3.8) is 0 Å². The molecule has 0 saturated heterocycles. The van der Waals surface area contributed by atoms with Gasteiger partial charge in [0.2, 0.25) is 0 Å². The zero-order valence-corrected chi connectivity index (χ0v) is 11.2. The summed E-state index contributed by atoms with van der Waals surface area (Å²) < 4.78 is 0. The van der Waals surface area contributed by atoms with Gasteiger partial charge in [-0.25, -0.2) is 0 Å². The molecule has 2 radical (unpaired) electrons. The molecule has 0 aromatic carbocycles. The minimum atomic E-state index is 0. The second kappa shape index (κ2) is 15.7.